The summed E-state index contributed by atoms with van der Waals surface area (Å²) in [7, 11) is 3.93. The van der Waals surface area contributed by atoms with Crippen LogP contribution in [0.25, 0.3) is 6.08 Å². The first-order chi connectivity index (χ1) is 19.3. The van der Waals surface area contributed by atoms with E-state index in [0.29, 0.717) is 20.6 Å². The summed E-state index contributed by atoms with van der Waals surface area (Å²) in [6.07, 6.45) is 3.21. The summed E-state index contributed by atoms with van der Waals surface area (Å²) in [6, 6.07) is 16.8. The molecule has 0 saturated heterocycles. The molecule has 3 heterocycles. The van der Waals surface area contributed by atoms with Gasteiger partial charge in [0.05, 0.1) is 34.7 Å². The zero-order chi connectivity index (χ0) is 28.4. The van der Waals surface area contributed by atoms with Gasteiger partial charge < -0.3 is 18.8 Å². The Balaban J connectivity index is 1.57. The summed E-state index contributed by atoms with van der Waals surface area (Å²) in [4.78, 5) is 46.2. The molecule has 0 spiro atoms. The van der Waals surface area contributed by atoms with Gasteiger partial charge in [0, 0.05) is 19.8 Å². The van der Waals surface area contributed by atoms with Crippen LogP contribution < -0.4 is 24.5 Å². The van der Waals surface area contributed by atoms with E-state index in [1.165, 1.54) is 28.2 Å². The first-order valence-corrected chi connectivity index (χ1v) is 13.4. The third kappa shape index (κ3) is 5.26. The summed E-state index contributed by atoms with van der Waals surface area (Å²) in [5, 5.41) is 0. The van der Waals surface area contributed by atoms with E-state index < -0.39 is 18.0 Å². The molecule has 0 saturated carbocycles. The highest BCUT2D eigenvalue weighted by molar-refractivity contribution is 7.07. The minimum Gasteiger partial charge on any atom is -0.463 e. The molecule has 2 aromatic heterocycles. The molecule has 0 unspecified atom stereocenters. The first-order valence-electron chi connectivity index (χ1n) is 12.6. The van der Waals surface area contributed by atoms with Crippen LogP contribution >= 0.6 is 11.3 Å². The topological polar surface area (TPSA) is 103 Å². The van der Waals surface area contributed by atoms with Gasteiger partial charge in [-0.15, -0.1) is 0 Å². The van der Waals surface area contributed by atoms with Gasteiger partial charge in [-0.2, -0.15) is 0 Å². The van der Waals surface area contributed by atoms with E-state index in [4.69, 9.17) is 13.9 Å². The number of fused-ring (bicyclic) bond motifs is 1. The molecule has 2 aromatic carbocycles. The van der Waals surface area contributed by atoms with Gasteiger partial charge in [-0.05, 0) is 67.4 Å². The summed E-state index contributed by atoms with van der Waals surface area (Å²) < 4.78 is 17.8. The van der Waals surface area contributed by atoms with Gasteiger partial charge in [0.2, 0.25) is 5.76 Å². The van der Waals surface area contributed by atoms with E-state index in [-0.39, 0.29) is 29.2 Å². The van der Waals surface area contributed by atoms with Crippen LogP contribution in [0.2, 0.25) is 0 Å². The van der Waals surface area contributed by atoms with Crippen LogP contribution in [-0.2, 0) is 9.53 Å². The zero-order valence-corrected chi connectivity index (χ0v) is 23.2. The van der Waals surface area contributed by atoms with Crippen molar-refractivity contribution in [1.29, 1.82) is 0 Å². The highest BCUT2D eigenvalue weighted by Crippen LogP contribution is 2.31. The second-order valence-corrected chi connectivity index (χ2v) is 10.2. The lowest BCUT2D eigenvalue weighted by atomic mass is 9.96. The van der Waals surface area contributed by atoms with Crippen LogP contribution in [0.3, 0.4) is 0 Å². The lowest BCUT2D eigenvalue weighted by Gasteiger charge is -2.24. The molecular formula is C30H27N3O6S. The van der Waals surface area contributed by atoms with E-state index in [1.807, 2.05) is 49.3 Å². The highest BCUT2D eigenvalue weighted by atomic mass is 32.1. The average Bonchev–Trinajstić information content (AvgIpc) is 3.58. The third-order valence-electron chi connectivity index (χ3n) is 6.35. The summed E-state index contributed by atoms with van der Waals surface area (Å²) in [5.74, 6) is -0.809. The predicted octanol–water partition coefficient (Wildman–Crippen LogP) is 3.68. The number of esters is 2. The molecule has 0 fully saturated rings. The number of rotatable bonds is 7. The Hall–Kier alpha value is -4.70. The number of carbonyl (C=O) groups is 2. The average molecular weight is 558 g/mol. The number of benzene rings is 2. The molecular weight excluding hydrogens is 530 g/mol. The Kier molecular flexibility index (Phi) is 7.52. The maximum absolute atomic E-state index is 13.8. The van der Waals surface area contributed by atoms with Crippen molar-refractivity contribution in [2.45, 2.75) is 19.9 Å². The van der Waals surface area contributed by atoms with Crippen LogP contribution in [0, 0.1) is 0 Å². The molecule has 5 rings (SSSR count). The van der Waals surface area contributed by atoms with Crippen molar-refractivity contribution in [3.8, 4) is 5.75 Å². The Morgan fingerprint density at radius 1 is 1.07 bits per heavy atom. The number of anilines is 1. The minimum atomic E-state index is -0.775. The van der Waals surface area contributed by atoms with Crippen molar-refractivity contribution < 1.29 is 23.5 Å². The van der Waals surface area contributed by atoms with Crippen LogP contribution in [-0.4, -0.2) is 37.2 Å². The van der Waals surface area contributed by atoms with Gasteiger partial charge in [-0.3, -0.25) is 9.36 Å². The fourth-order valence-electron chi connectivity index (χ4n) is 4.40. The molecule has 0 N–H and O–H groups in total. The van der Waals surface area contributed by atoms with Crippen molar-refractivity contribution in [2.75, 3.05) is 25.6 Å². The van der Waals surface area contributed by atoms with Crippen LogP contribution in [0.5, 0.6) is 5.75 Å². The molecule has 40 heavy (non-hydrogen) atoms. The zero-order valence-electron chi connectivity index (χ0n) is 22.4. The number of allylic oxidation sites excluding steroid dienone is 1. The molecule has 1 atom stereocenters. The van der Waals surface area contributed by atoms with Crippen LogP contribution in [0.4, 0.5) is 5.69 Å². The van der Waals surface area contributed by atoms with E-state index in [2.05, 4.69) is 4.99 Å². The first kappa shape index (κ1) is 26.9. The van der Waals surface area contributed by atoms with Crippen molar-refractivity contribution in [3.05, 3.63) is 115 Å². The monoisotopic (exact) mass is 557 g/mol. The molecule has 10 heteroatoms. The number of furan rings is 1. The second kappa shape index (κ2) is 11.2. The lowest BCUT2D eigenvalue weighted by Crippen LogP contribution is -2.39. The molecule has 4 aromatic rings. The van der Waals surface area contributed by atoms with E-state index in [9.17, 15) is 14.4 Å². The number of thiazole rings is 1. The Bertz CT molecular complexity index is 1760. The maximum atomic E-state index is 13.8. The maximum Gasteiger partial charge on any atom is 0.379 e. The molecule has 0 radical (unpaired) electrons. The molecule has 1 aliphatic rings. The summed E-state index contributed by atoms with van der Waals surface area (Å²) in [6.45, 7) is 3.63. The SMILES string of the molecule is CCOC(=O)C1=C(C)N=c2s/c(=C/c3ccc(N(C)C)cc3)c(=O)n2[C@H]1c1ccc(OC(=O)c2ccco2)cc1. The van der Waals surface area contributed by atoms with Gasteiger partial charge in [0.15, 0.2) is 4.80 Å². The van der Waals surface area contributed by atoms with E-state index >= 15 is 0 Å². The molecule has 204 valence electrons. The smallest absolute Gasteiger partial charge is 0.379 e. The second-order valence-electron chi connectivity index (χ2n) is 9.22. The van der Waals surface area contributed by atoms with Crippen molar-refractivity contribution in [3.63, 3.8) is 0 Å². The van der Waals surface area contributed by atoms with Gasteiger partial charge in [-0.25, -0.2) is 14.6 Å². The Morgan fingerprint density at radius 2 is 1.80 bits per heavy atom. The van der Waals surface area contributed by atoms with Crippen molar-refractivity contribution in [1.82, 2.24) is 4.57 Å². The molecule has 9 nitrogen and oxygen atoms in total. The van der Waals surface area contributed by atoms with Gasteiger partial charge in [0.25, 0.3) is 5.56 Å². The Morgan fingerprint density at radius 3 is 2.42 bits per heavy atom. The fraction of sp³-hybridized carbons (Fsp3) is 0.200. The van der Waals surface area contributed by atoms with Crippen LogP contribution in [0.15, 0.2) is 92.4 Å². The van der Waals surface area contributed by atoms with Crippen molar-refractivity contribution >= 4 is 35.0 Å². The largest absolute Gasteiger partial charge is 0.463 e. The summed E-state index contributed by atoms with van der Waals surface area (Å²) in [5.41, 5.74) is 3.03. The van der Waals surface area contributed by atoms with E-state index in [0.717, 1.165) is 11.3 Å². The van der Waals surface area contributed by atoms with Crippen molar-refractivity contribution in [2.24, 2.45) is 4.99 Å². The standard InChI is InChI=1S/C30H27N3O6S/c1-5-37-29(36)25-18(2)31-30-33(27(34)24(40-30)17-19-8-12-21(13-9-19)32(3)4)26(25)20-10-14-22(15-11-20)39-28(35)23-7-6-16-38-23/h6-17,26H,5H2,1-4H3/b24-17+/t26-/m0/s1. The normalized spacial score (nSPS) is 14.9. The molecule has 0 amide bonds. The highest BCUT2D eigenvalue weighted by Gasteiger charge is 2.33. The fourth-order valence-corrected chi connectivity index (χ4v) is 5.44. The lowest BCUT2D eigenvalue weighted by molar-refractivity contribution is -0.139. The molecule has 1 aliphatic heterocycles. The Labute approximate surface area is 233 Å². The van der Waals surface area contributed by atoms with Gasteiger partial charge in [0.1, 0.15) is 5.75 Å². The number of hydrogen-bond acceptors (Lipinski definition) is 9. The quantitative estimate of drug-likeness (QED) is 0.252. The summed E-state index contributed by atoms with van der Waals surface area (Å²) >= 11 is 1.26. The van der Waals surface area contributed by atoms with Gasteiger partial charge >= 0.3 is 11.9 Å². The predicted molar refractivity (Wildman–Crippen MR) is 151 cm³/mol. The van der Waals surface area contributed by atoms with E-state index in [1.54, 1.807) is 44.2 Å². The third-order valence-corrected chi connectivity index (χ3v) is 7.34. The van der Waals surface area contributed by atoms with Crippen LogP contribution in [0.1, 0.15) is 41.6 Å². The number of nitrogens with zero attached hydrogens (tertiary/aromatic N) is 3. The number of ether oxygens (including phenoxy) is 2. The number of aromatic nitrogens is 1. The minimum absolute atomic E-state index is 0.0794. The number of carbonyl (C=O) groups excluding carboxylic acids is 2. The van der Waals surface area contributed by atoms with Gasteiger partial charge in [-0.1, -0.05) is 35.6 Å². The molecule has 0 bridgehead atoms. The number of hydrogen-bond donors (Lipinski definition) is 0. The molecule has 0 aliphatic carbocycles.